The minimum Gasteiger partial charge on any atom is -0.495 e. The van der Waals surface area contributed by atoms with Crippen molar-refractivity contribution in [3.63, 3.8) is 0 Å². The number of nitrogens with zero attached hydrogens (tertiary/aromatic N) is 2. The first-order chi connectivity index (χ1) is 18.6. The molecule has 12 heteroatoms. The second kappa shape index (κ2) is 12.4. The average Bonchev–Trinajstić information content (AvgIpc) is 2.92. The van der Waals surface area contributed by atoms with Crippen molar-refractivity contribution in [1.82, 2.24) is 9.80 Å². The number of carbonyl (C=O) groups is 2. The Kier molecular flexibility index (Phi) is 8.95. The summed E-state index contributed by atoms with van der Waals surface area (Å²) < 4.78 is 38.4. The molecule has 3 aromatic rings. The van der Waals surface area contributed by atoms with Gasteiger partial charge >= 0.3 is 0 Å². The Morgan fingerprint density at radius 3 is 2.18 bits per heavy atom. The van der Waals surface area contributed by atoms with Crippen molar-refractivity contribution in [2.45, 2.75) is 4.90 Å². The summed E-state index contributed by atoms with van der Waals surface area (Å²) in [4.78, 5) is 29.0. The number of anilines is 2. The molecule has 206 valence electrons. The van der Waals surface area contributed by atoms with Crippen molar-refractivity contribution < 1.29 is 27.5 Å². The number of hydrogen-bond donors (Lipinski definition) is 2. The van der Waals surface area contributed by atoms with E-state index in [9.17, 15) is 18.0 Å². The summed E-state index contributed by atoms with van der Waals surface area (Å²) in [6.07, 6.45) is 0. The lowest BCUT2D eigenvalue weighted by atomic mass is 10.1. The van der Waals surface area contributed by atoms with Crippen LogP contribution >= 0.6 is 11.6 Å². The highest BCUT2D eigenvalue weighted by Crippen LogP contribution is 2.28. The number of benzene rings is 3. The van der Waals surface area contributed by atoms with Crippen molar-refractivity contribution in [1.29, 1.82) is 0 Å². The van der Waals surface area contributed by atoms with Gasteiger partial charge in [-0.2, -0.15) is 0 Å². The van der Waals surface area contributed by atoms with Gasteiger partial charge in [0.05, 0.1) is 22.7 Å². The molecule has 3 aromatic carbocycles. The number of likely N-dealkylation sites (N-methyl/N-ethyl adjacent to an activating group) is 1. The molecule has 2 amide bonds. The minimum atomic E-state index is -3.87. The zero-order chi connectivity index (χ0) is 28.0. The van der Waals surface area contributed by atoms with Crippen LogP contribution in [0.3, 0.4) is 0 Å². The molecule has 39 heavy (non-hydrogen) atoms. The lowest BCUT2D eigenvalue weighted by Crippen LogP contribution is -2.47. The fraction of sp³-hybridized carbons (Fsp3) is 0.259. The first kappa shape index (κ1) is 28.2. The predicted molar refractivity (Wildman–Crippen MR) is 149 cm³/mol. The molecule has 0 radical (unpaired) electrons. The SMILES string of the molecule is COc1ccc(NS(=O)(=O)c2ccc(OCC(=O)Nc3ccc(C(=O)N4CCN(C)CC4)cc3)cc2)cc1Cl. The zero-order valence-electron chi connectivity index (χ0n) is 21.5. The summed E-state index contributed by atoms with van der Waals surface area (Å²) in [5, 5.41) is 2.99. The fourth-order valence-electron chi connectivity index (χ4n) is 3.89. The molecule has 0 saturated carbocycles. The maximum atomic E-state index is 12.7. The first-order valence-corrected chi connectivity index (χ1v) is 14.0. The largest absolute Gasteiger partial charge is 0.495 e. The van der Waals surface area contributed by atoms with Crippen LogP contribution in [0.4, 0.5) is 11.4 Å². The van der Waals surface area contributed by atoms with Crippen LogP contribution in [0.2, 0.25) is 5.02 Å². The molecule has 0 bridgehead atoms. The molecule has 10 nitrogen and oxygen atoms in total. The summed E-state index contributed by atoms with van der Waals surface area (Å²) in [5.41, 5.74) is 1.38. The number of hydrogen-bond acceptors (Lipinski definition) is 7. The zero-order valence-corrected chi connectivity index (χ0v) is 23.1. The van der Waals surface area contributed by atoms with Crippen LogP contribution in [0.1, 0.15) is 10.4 Å². The predicted octanol–water partition coefficient (Wildman–Crippen LogP) is 3.55. The number of nitrogens with one attached hydrogen (secondary N) is 2. The van der Waals surface area contributed by atoms with Crippen LogP contribution in [-0.2, 0) is 14.8 Å². The average molecular weight is 573 g/mol. The van der Waals surface area contributed by atoms with Gasteiger partial charge in [0.1, 0.15) is 11.5 Å². The Balaban J connectivity index is 1.27. The molecule has 0 aromatic heterocycles. The molecule has 1 aliphatic heterocycles. The van der Waals surface area contributed by atoms with Crippen molar-refractivity contribution in [3.8, 4) is 11.5 Å². The van der Waals surface area contributed by atoms with E-state index in [-0.39, 0.29) is 28.1 Å². The topological polar surface area (TPSA) is 117 Å². The van der Waals surface area contributed by atoms with Crippen molar-refractivity contribution in [3.05, 3.63) is 77.3 Å². The van der Waals surface area contributed by atoms with Gasteiger partial charge in [0.2, 0.25) is 0 Å². The van der Waals surface area contributed by atoms with E-state index >= 15 is 0 Å². The molecular formula is C27H29ClN4O6S. The number of piperazine rings is 1. The standard InChI is InChI=1S/C27H29ClN4O6S/c1-31-13-15-32(16-14-31)27(34)19-3-5-20(6-4-19)29-26(33)18-38-22-8-10-23(11-9-22)39(35,36)30-21-7-12-25(37-2)24(28)17-21/h3-12,17,30H,13-16,18H2,1-2H3,(H,29,33). The van der Waals surface area contributed by atoms with Crippen LogP contribution in [0.15, 0.2) is 71.6 Å². The highest BCUT2D eigenvalue weighted by atomic mass is 35.5. The smallest absolute Gasteiger partial charge is 0.262 e. The van der Waals surface area contributed by atoms with E-state index in [0.29, 0.717) is 35.8 Å². The third-order valence-electron chi connectivity index (χ3n) is 6.11. The number of methoxy groups -OCH3 is 1. The summed E-state index contributed by atoms with van der Waals surface area (Å²) in [7, 11) is -0.374. The molecule has 2 N–H and O–H groups in total. The Hall–Kier alpha value is -3.80. The molecule has 0 atom stereocenters. The highest BCUT2D eigenvalue weighted by Gasteiger charge is 2.20. The van der Waals surface area contributed by atoms with Crippen LogP contribution in [-0.4, -0.2) is 77.0 Å². The van der Waals surface area contributed by atoms with Gasteiger partial charge in [-0.25, -0.2) is 8.42 Å². The van der Waals surface area contributed by atoms with Crippen LogP contribution in [0, 0.1) is 0 Å². The molecule has 1 fully saturated rings. The van der Waals surface area contributed by atoms with E-state index in [4.69, 9.17) is 21.1 Å². The van der Waals surface area contributed by atoms with Gasteiger partial charge < -0.3 is 24.6 Å². The van der Waals surface area contributed by atoms with E-state index in [0.717, 1.165) is 13.1 Å². The number of sulfonamides is 1. The van der Waals surface area contributed by atoms with Gasteiger partial charge in [-0.3, -0.25) is 14.3 Å². The molecule has 1 aliphatic rings. The Labute approximate surface area is 232 Å². The molecule has 0 aliphatic carbocycles. The minimum absolute atomic E-state index is 0.0115. The van der Waals surface area contributed by atoms with Gasteiger partial charge in [0, 0.05) is 37.4 Å². The Bertz CT molecular complexity index is 1420. The van der Waals surface area contributed by atoms with Crippen molar-refractivity contribution >= 4 is 44.8 Å². The maximum Gasteiger partial charge on any atom is 0.262 e. The van der Waals surface area contributed by atoms with Gasteiger partial charge in [-0.1, -0.05) is 11.6 Å². The molecule has 1 heterocycles. The Morgan fingerprint density at radius 1 is 0.923 bits per heavy atom. The van der Waals surface area contributed by atoms with Crippen LogP contribution in [0.5, 0.6) is 11.5 Å². The van der Waals surface area contributed by atoms with Gasteiger partial charge in [0.15, 0.2) is 6.61 Å². The number of halogens is 1. The molecule has 0 spiro atoms. The lowest BCUT2D eigenvalue weighted by molar-refractivity contribution is -0.118. The van der Waals surface area contributed by atoms with Gasteiger partial charge in [-0.05, 0) is 73.8 Å². The molecule has 4 rings (SSSR count). The quantitative estimate of drug-likeness (QED) is 0.403. The molecule has 0 unspecified atom stereocenters. The van der Waals surface area contributed by atoms with E-state index in [1.807, 2.05) is 11.9 Å². The lowest BCUT2D eigenvalue weighted by Gasteiger charge is -2.32. The van der Waals surface area contributed by atoms with Crippen LogP contribution < -0.4 is 19.5 Å². The van der Waals surface area contributed by atoms with E-state index in [1.165, 1.54) is 43.5 Å². The number of ether oxygens (including phenoxy) is 2. The summed E-state index contributed by atoms with van der Waals surface area (Å²) in [6, 6.07) is 16.9. The Morgan fingerprint density at radius 2 is 1.56 bits per heavy atom. The van der Waals surface area contributed by atoms with E-state index in [2.05, 4.69) is 14.9 Å². The molecule has 1 saturated heterocycles. The second-order valence-corrected chi connectivity index (χ2v) is 11.0. The highest BCUT2D eigenvalue weighted by molar-refractivity contribution is 7.92. The van der Waals surface area contributed by atoms with Crippen molar-refractivity contribution in [2.24, 2.45) is 0 Å². The normalized spacial score (nSPS) is 14.0. The van der Waals surface area contributed by atoms with Crippen LogP contribution in [0.25, 0.3) is 0 Å². The van der Waals surface area contributed by atoms with Gasteiger partial charge in [-0.15, -0.1) is 0 Å². The third-order valence-corrected chi connectivity index (χ3v) is 7.81. The monoisotopic (exact) mass is 572 g/mol. The maximum absolute atomic E-state index is 12.7. The summed E-state index contributed by atoms with van der Waals surface area (Å²) in [5.74, 6) is 0.323. The summed E-state index contributed by atoms with van der Waals surface area (Å²) in [6.45, 7) is 2.78. The van der Waals surface area contributed by atoms with E-state index in [1.54, 1.807) is 30.3 Å². The fourth-order valence-corrected chi connectivity index (χ4v) is 5.20. The third kappa shape index (κ3) is 7.41. The first-order valence-electron chi connectivity index (χ1n) is 12.1. The second-order valence-electron chi connectivity index (χ2n) is 8.94. The number of rotatable bonds is 9. The van der Waals surface area contributed by atoms with Gasteiger partial charge in [0.25, 0.3) is 21.8 Å². The molecular weight excluding hydrogens is 544 g/mol. The summed E-state index contributed by atoms with van der Waals surface area (Å²) >= 11 is 6.06. The number of amides is 2. The van der Waals surface area contributed by atoms with Crippen molar-refractivity contribution in [2.75, 3.05) is 57.0 Å². The van der Waals surface area contributed by atoms with E-state index < -0.39 is 15.9 Å². The number of carbonyl (C=O) groups excluding carboxylic acids is 2.